The van der Waals surface area contributed by atoms with Crippen LogP contribution in [-0.2, 0) is 14.3 Å². The molecule has 1 aliphatic heterocycles. The summed E-state index contributed by atoms with van der Waals surface area (Å²) in [6.07, 6.45) is -0.785. The van der Waals surface area contributed by atoms with Crippen LogP contribution in [0.5, 0.6) is 0 Å². The highest BCUT2D eigenvalue weighted by Gasteiger charge is 2.34. The van der Waals surface area contributed by atoms with Gasteiger partial charge in [-0.1, -0.05) is 48.5 Å². The monoisotopic (exact) mass is 367 g/mol. The van der Waals surface area contributed by atoms with Crippen LogP contribution < -0.4 is 5.32 Å². The maximum Gasteiger partial charge on any atom is 0.407 e. The number of benzene rings is 2. The summed E-state index contributed by atoms with van der Waals surface area (Å²) in [7, 11) is 0. The molecule has 2 aromatic rings. The van der Waals surface area contributed by atoms with Crippen LogP contribution in [0.3, 0.4) is 0 Å². The first-order valence-corrected chi connectivity index (χ1v) is 9.08. The molecule has 2 N–H and O–H groups in total. The van der Waals surface area contributed by atoms with E-state index in [1.807, 2.05) is 24.3 Å². The Morgan fingerprint density at radius 1 is 1.07 bits per heavy atom. The number of carboxylic acid groups (broad SMARTS) is 1. The Balaban J connectivity index is 1.37. The Kier molecular flexibility index (Phi) is 4.81. The van der Waals surface area contributed by atoms with Gasteiger partial charge in [0.1, 0.15) is 6.61 Å². The number of hydrogen-bond donors (Lipinski definition) is 2. The number of nitrogens with one attached hydrogen (secondary N) is 1. The SMILES string of the molecule is O=C(NC[C@H]1CCO[C@H]1C(=O)O)OCC1c2ccccc2-c2ccccc21. The molecule has 27 heavy (non-hydrogen) atoms. The first-order valence-electron chi connectivity index (χ1n) is 9.08. The minimum absolute atomic E-state index is 0.00438. The fraction of sp³-hybridized carbons (Fsp3) is 0.333. The maximum absolute atomic E-state index is 12.1. The van der Waals surface area contributed by atoms with Crippen molar-refractivity contribution in [1.82, 2.24) is 5.32 Å². The van der Waals surface area contributed by atoms with Crippen molar-refractivity contribution in [3.63, 3.8) is 0 Å². The van der Waals surface area contributed by atoms with Crippen molar-refractivity contribution < 1.29 is 24.2 Å². The zero-order valence-electron chi connectivity index (χ0n) is 14.8. The predicted molar refractivity (Wildman–Crippen MR) is 98.6 cm³/mol. The smallest absolute Gasteiger partial charge is 0.407 e. The van der Waals surface area contributed by atoms with Crippen LogP contribution in [0, 0.1) is 5.92 Å². The van der Waals surface area contributed by atoms with E-state index in [1.165, 1.54) is 11.1 Å². The normalized spacial score (nSPS) is 20.7. The summed E-state index contributed by atoms with van der Waals surface area (Å²) >= 11 is 0. The molecule has 1 aliphatic carbocycles. The third kappa shape index (κ3) is 3.40. The van der Waals surface area contributed by atoms with Gasteiger partial charge in [-0.15, -0.1) is 0 Å². The second-order valence-corrected chi connectivity index (χ2v) is 6.88. The van der Waals surface area contributed by atoms with Crippen LogP contribution in [0.25, 0.3) is 11.1 Å². The number of fused-ring (bicyclic) bond motifs is 3. The van der Waals surface area contributed by atoms with Crippen molar-refractivity contribution in [1.29, 1.82) is 0 Å². The van der Waals surface area contributed by atoms with E-state index < -0.39 is 18.2 Å². The summed E-state index contributed by atoms with van der Waals surface area (Å²) in [5.74, 6) is -1.22. The molecule has 140 valence electrons. The van der Waals surface area contributed by atoms with Crippen molar-refractivity contribution in [2.75, 3.05) is 19.8 Å². The summed E-state index contributed by atoms with van der Waals surface area (Å²) < 4.78 is 10.6. The van der Waals surface area contributed by atoms with Crippen molar-refractivity contribution in [3.8, 4) is 11.1 Å². The van der Waals surface area contributed by atoms with Crippen LogP contribution in [0.1, 0.15) is 23.5 Å². The Morgan fingerprint density at radius 3 is 2.33 bits per heavy atom. The third-order valence-electron chi connectivity index (χ3n) is 5.31. The molecule has 0 unspecified atom stereocenters. The molecule has 1 saturated heterocycles. The summed E-state index contributed by atoms with van der Waals surface area (Å²) in [6, 6.07) is 16.3. The van der Waals surface area contributed by atoms with Crippen molar-refractivity contribution >= 4 is 12.1 Å². The van der Waals surface area contributed by atoms with Gasteiger partial charge in [-0.25, -0.2) is 9.59 Å². The van der Waals surface area contributed by atoms with Crippen LogP contribution in [0.2, 0.25) is 0 Å². The largest absolute Gasteiger partial charge is 0.479 e. The molecule has 1 fully saturated rings. The van der Waals surface area contributed by atoms with Gasteiger partial charge in [-0.05, 0) is 28.7 Å². The van der Waals surface area contributed by atoms with Gasteiger partial charge in [0.05, 0.1) is 0 Å². The van der Waals surface area contributed by atoms with Gasteiger partial charge in [-0.2, -0.15) is 0 Å². The Hall–Kier alpha value is -2.86. The van der Waals surface area contributed by atoms with E-state index in [0.29, 0.717) is 13.0 Å². The molecule has 6 heteroatoms. The van der Waals surface area contributed by atoms with Crippen LogP contribution >= 0.6 is 0 Å². The minimum Gasteiger partial charge on any atom is -0.479 e. The lowest BCUT2D eigenvalue weighted by atomic mass is 9.98. The number of amides is 1. The molecule has 0 aromatic heterocycles. The number of hydrogen-bond acceptors (Lipinski definition) is 4. The number of carbonyl (C=O) groups excluding carboxylic acids is 1. The molecule has 2 atom stereocenters. The molecule has 0 saturated carbocycles. The summed E-state index contributed by atoms with van der Waals surface area (Å²) in [5, 5.41) is 11.8. The van der Waals surface area contributed by atoms with Crippen LogP contribution in [0.4, 0.5) is 4.79 Å². The molecule has 2 aliphatic rings. The van der Waals surface area contributed by atoms with Gasteiger partial charge >= 0.3 is 12.1 Å². The van der Waals surface area contributed by atoms with Gasteiger partial charge in [-0.3, -0.25) is 0 Å². The average molecular weight is 367 g/mol. The lowest BCUT2D eigenvalue weighted by molar-refractivity contribution is -0.149. The van der Waals surface area contributed by atoms with Crippen LogP contribution in [0.15, 0.2) is 48.5 Å². The second kappa shape index (κ2) is 7.40. The lowest BCUT2D eigenvalue weighted by Crippen LogP contribution is -2.36. The topological polar surface area (TPSA) is 84.9 Å². The highest BCUT2D eigenvalue weighted by Crippen LogP contribution is 2.44. The standard InChI is InChI=1S/C21H21NO5/c23-20(24)19-13(9-10-26-19)11-22-21(25)27-12-18-16-7-3-1-5-14(16)15-6-2-4-8-17(15)18/h1-8,13,18-19H,9-12H2,(H,22,25)(H,23,24)/t13-,19-/m1/s1. The maximum atomic E-state index is 12.1. The molecular formula is C21H21NO5. The summed E-state index contributed by atoms with van der Waals surface area (Å²) in [6.45, 7) is 0.866. The number of carboxylic acids is 1. The van der Waals surface area contributed by atoms with E-state index in [0.717, 1.165) is 11.1 Å². The average Bonchev–Trinajstić information content (AvgIpc) is 3.28. The van der Waals surface area contributed by atoms with Crippen LogP contribution in [-0.4, -0.2) is 43.0 Å². The van der Waals surface area contributed by atoms with Gasteiger partial charge in [0, 0.05) is 25.0 Å². The van der Waals surface area contributed by atoms with E-state index in [1.54, 1.807) is 0 Å². The van der Waals surface area contributed by atoms with Gasteiger partial charge in [0.25, 0.3) is 0 Å². The molecule has 4 rings (SSSR count). The number of ether oxygens (including phenoxy) is 2. The van der Waals surface area contributed by atoms with Gasteiger partial charge in [0.15, 0.2) is 6.10 Å². The second-order valence-electron chi connectivity index (χ2n) is 6.88. The highest BCUT2D eigenvalue weighted by atomic mass is 16.5. The molecule has 1 heterocycles. The highest BCUT2D eigenvalue weighted by molar-refractivity contribution is 5.79. The van der Waals surface area contributed by atoms with Crippen molar-refractivity contribution in [2.45, 2.75) is 18.4 Å². The zero-order chi connectivity index (χ0) is 18.8. The summed E-state index contributed by atoms with van der Waals surface area (Å²) in [4.78, 5) is 23.3. The quantitative estimate of drug-likeness (QED) is 0.849. The predicted octanol–water partition coefficient (Wildman–Crippen LogP) is 3.01. The molecule has 6 nitrogen and oxygen atoms in total. The van der Waals surface area contributed by atoms with Gasteiger partial charge < -0.3 is 19.9 Å². The number of aliphatic carboxylic acids is 1. The zero-order valence-corrected chi connectivity index (χ0v) is 14.8. The number of carbonyl (C=O) groups is 2. The van der Waals surface area contributed by atoms with E-state index in [-0.39, 0.29) is 25.0 Å². The number of rotatable bonds is 5. The number of alkyl carbamates (subject to hydrolysis) is 1. The molecule has 0 bridgehead atoms. The fourth-order valence-electron chi connectivity index (χ4n) is 3.98. The van der Waals surface area contributed by atoms with E-state index >= 15 is 0 Å². The van der Waals surface area contributed by atoms with Crippen molar-refractivity contribution in [2.24, 2.45) is 5.92 Å². The first-order chi connectivity index (χ1) is 13.1. The third-order valence-corrected chi connectivity index (χ3v) is 5.31. The Labute approximate surface area is 157 Å². The van der Waals surface area contributed by atoms with E-state index in [2.05, 4.69) is 29.6 Å². The van der Waals surface area contributed by atoms with E-state index in [4.69, 9.17) is 14.6 Å². The van der Waals surface area contributed by atoms with Gasteiger partial charge in [0.2, 0.25) is 0 Å². The molecule has 0 spiro atoms. The molecule has 0 radical (unpaired) electrons. The Morgan fingerprint density at radius 2 is 1.70 bits per heavy atom. The first kappa shape index (κ1) is 17.5. The lowest BCUT2D eigenvalue weighted by Gasteiger charge is -2.17. The molecule has 2 aromatic carbocycles. The van der Waals surface area contributed by atoms with Crippen molar-refractivity contribution in [3.05, 3.63) is 59.7 Å². The minimum atomic E-state index is -0.994. The Bertz CT molecular complexity index is 820. The summed E-state index contributed by atoms with van der Waals surface area (Å²) in [5.41, 5.74) is 4.66. The molecule has 1 amide bonds. The van der Waals surface area contributed by atoms with E-state index in [9.17, 15) is 9.59 Å². The fourth-order valence-corrected chi connectivity index (χ4v) is 3.98. The molecular weight excluding hydrogens is 346 g/mol.